The Kier molecular flexibility index (Phi) is 4.27. The van der Waals surface area contributed by atoms with Gasteiger partial charge in [0.25, 0.3) is 0 Å². The lowest BCUT2D eigenvalue weighted by molar-refractivity contribution is 0.415. The van der Waals surface area contributed by atoms with E-state index in [0.29, 0.717) is 15.7 Å². The third-order valence-electron chi connectivity index (χ3n) is 2.34. The molecule has 0 saturated carbocycles. The summed E-state index contributed by atoms with van der Waals surface area (Å²) in [5.74, 6) is 0.742. The van der Waals surface area contributed by atoms with Gasteiger partial charge in [-0.15, -0.1) is 0 Å². The number of benzene rings is 2. The summed E-state index contributed by atoms with van der Waals surface area (Å²) < 4.78 is 5.11. The van der Waals surface area contributed by atoms with Gasteiger partial charge in [0.1, 0.15) is 5.75 Å². The van der Waals surface area contributed by atoms with E-state index >= 15 is 0 Å². The van der Waals surface area contributed by atoms with Crippen molar-refractivity contribution in [1.29, 1.82) is 0 Å². The molecule has 0 fully saturated rings. The standard InChI is InChI=1S/C13H11Cl2NOS/c1-17-8-2-5-13(12(16)6-8)18-9-3-4-10(14)11(15)7-9/h2-7H,16H2,1H3. The van der Waals surface area contributed by atoms with Gasteiger partial charge in [0, 0.05) is 21.5 Å². The summed E-state index contributed by atoms with van der Waals surface area (Å²) in [6.07, 6.45) is 0. The van der Waals surface area contributed by atoms with E-state index in [1.165, 1.54) is 11.8 Å². The lowest BCUT2D eigenvalue weighted by atomic mass is 10.3. The van der Waals surface area contributed by atoms with Gasteiger partial charge < -0.3 is 10.5 Å². The van der Waals surface area contributed by atoms with Crippen molar-refractivity contribution in [2.45, 2.75) is 9.79 Å². The van der Waals surface area contributed by atoms with Crippen LogP contribution in [0, 0.1) is 0 Å². The van der Waals surface area contributed by atoms with Gasteiger partial charge >= 0.3 is 0 Å². The van der Waals surface area contributed by atoms with Gasteiger partial charge in [-0.2, -0.15) is 0 Å². The third-order valence-corrected chi connectivity index (χ3v) is 4.16. The number of rotatable bonds is 3. The Morgan fingerprint density at radius 1 is 1.06 bits per heavy atom. The molecule has 0 aliphatic heterocycles. The molecule has 0 radical (unpaired) electrons. The number of hydrogen-bond donors (Lipinski definition) is 1. The Labute approximate surface area is 120 Å². The number of nitrogen functional groups attached to an aromatic ring is 1. The molecule has 0 heterocycles. The van der Waals surface area contributed by atoms with Crippen LogP contribution in [0.25, 0.3) is 0 Å². The molecular formula is C13H11Cl2NOS. The number of ether oxygens (including phenoxy) is 1. The van der Waals surface area contributed by atoms with Crippen LogP contribution in [0.2, 0.25) is 10.0 Å². The first kappa shape index (κ1) is 13.4. The van der Waals surface area contributed by atoms with Crippen molar-refractivity contribution in [2.75, 3.05) is 12.8 Å². The molecule has 2 rings (SSSR count). The maximum absolute atomic E-state index is 5.97. The number of anilines is 1. The summed E-state index contributed by atoms with van der Waals surface area (Å²) in [5.41, 5.74) is 6.62. The van der Waals surface area contributed by atoms with E-state index in [9.17, 15) is 0 Å². The first-order chi connectivity index (χ1) is 8.60. The predicted molar refractivity (Wildman–Crippen MR) is 78.0 cm³/mol. The molecule has 0 aliphatic rings. The molecule has 2 aromatic rings. The number of nitrogens with two attached hydrogens (primary N) is 1. The van der Waals surface area contributed by atoms with Crippen molar-refractivity contribution in [2.24, 2.45) is 0 Å². The Morgan fingerprint density at radius 2 is 1.83 bits per heavy atom. The second kappa shape index (κ2) is 5.74. The molecule has 0 bridgehead atoms. The van der Waals surface area contributed by atoms with Crippen LogP contribution >= 0.6 is 35.0 Å². The first-order valence-electron chi connectivity index (χ1n) is 5.16. The van der Waals surface area contributed by atoms with Crippen LogP contribution in [0.3, 0.4) is 0 Å². The van der Waals surface area contributed by atoms with Gasteiger partial charge in [0.15, 0.2) is 0 Å². The minimum absolute atomic E-state index is 0.536. The molecule has 0 atom stereocenters. The molecule has 2 nitrogen and oxygen atoms in total. The molecule has 0 amide bonds. The van der Waals surface area contributed by atoms with Crippen molar-refractivity contribution >= 4 is 40.7 Å². The molecule has 2 aromatic carbocycles. The van der Waals surface area contributed by atoms with Crippen LogP contribution in [-0.4, -0.2) is 7.11 Å². The maximum atomic E-state index is 5.97. The summed E-state index contributed by atoms with van der Waals surface area (Å²) in [7, 11) is 1.61. The normalized spacial score (nSPS) is 10.4. The fourth-order valence-electron chi connectivity index (χ4n) is 1.41. The smallest absolute Gasteiger partial charge is 0.120 e. The molecule has 0 aliphatic carbocycles. The highest BCUT2D eigenvalue weighted by atomic mass is 35.5. The summed E-state index contributed by atoms with van der Waals surface area (Å²) in [5, 5.41) is 1.08. The summed E-state index contributed by atoms with van der Waals surface area (Å²) in [6, 6.07) is 11.1. The molecule has 94 valence electrons. The van der Waals surface area contributed by atoms with Crippen molar-refractivity contribution < 1.29 is 4.74 Å². The zero-order valence-corrected chi connectivity index (χ0v) is 11.9. The third kappa shape index (κ3) is 3.05. The SMILES string of the molecule is COc1ccc(Sc2ccc(Cl)c(Cl)c2)c(N)c1. The van der Waals surface area contributed by atoms with Crippen LogP contribution in [0.4, 0.5) is 5.69 Å². The number of methoxy groups -OCH3 is 1. The van der Waals surface area contributed by atoms with Crippen molar-refractivity contribution in [3.8, 4) is 5.75 Å². The van der Waals surface area contributed by atoms with Crippen LogP contribution in [0.15, 0.2) is 46.2 Å². The van der Waals surface area contributed by atoms with E-state index in [1.54, 1.807) is 19.2 Å². The Balaban J connectivity index is 2.25. The maximum Gasteiger partial charge on any atom is 0.120 e. The van der Waals surface area contributed by atoms with Crippen LogP contribution in [0.5, 0.6) is 5.75 Å². The highest BCUT2D eigenvalue weighted by Gasteiger charge is 2.05. The van der Waals surface area contributed by atoms with Crippen molar-refractivity contribution in [3.63, 3.8) is 0 Å². The second-order valence-electron chi connectivity index (χ2n) is 3.58. The van der Waals surface area contributed by atoms with E-state index < -0.39 is 0 Å². The van der Waals surface area contributed by atoms with Gasteiger partial charge in [0.05, 0.1) is 17.2 Å². The average Bonchev–Trinajstić information content (AvgIpc) is 2.36. The zero-order valence-electron chi connectivity index (χ0n) is 9.61. The second-order valence-corrected chi connectivity index (χ2v) is 5.51. The van der Waals surface area contributed by atoms with Crippen molar-refractivity contribution in [1.82, 2.24) is 0 Å². The van der Waals surface area contributed by atoms with Crippen LogP contribution < -0.4 is 10.5 Å². The summed E-state index contributed by atoms with van der Waals surface area (Å²) >= 11 is 13.4. The van der Waals surface area contributed by atoms with E-state index in [0.717, 1.165) is 15.5 Å². The van der Waals surface area contributed by atoms with E-state index in [1.807, 2.05) is 24.3 Å². The van der Waals surface area contributed by atoms with Gasteiger partial charge in [-0.1, -0.05) is 35.0 Å². The van der Waals surface area contributed by atoms with Gasteiger partial charge in [-0.3, -0.25) is 0 Å². The minimum atomic E-state index is 0.536. The Bertz CT molecular complexity index is 575. The lowest BCUT2D eigenvalue weighted by Gasteiger charge is -2.08. The molecule has 0 spiro atoms. The van der Waals surface area contributed by atoms with Crippen LogP contribution in [0.1, 0.15) is 0 Å². The van der Waals surface area contributed by atoms with Gasteiger partial charge in [-0.05, 0) is 30.3 Å². The van der Waals surface area contributed by atoms with Crippen molar-refractivity contribution in [3.05, 3.63) is 46.4 Å². The van der Waals surface area contributed by atoms with E-state index in [4.69, 9.17) is 33.7 Å². The first-order valence-corrected chi connectivity index (χ1v) is 6.74. The average molecular weight is 300 g/mol. The Hall–Kier alpha value is -1.03. The lowest BCUT2D eigenvalue weighted by Crippen LogP contribution is -1.90. The topological polar surface area (TPSA) is 35.2 Å². The Morgan fingerprint density at radius 3 is 2.44 bits per heavy atom. The molecule has 2 N–H and O–H groups in total. The molecule has 0 saturated heterocycles. The highest BCUT2D eigenvalue weighted by molar-refractivity contribution is 7.99. The number of hydrogen-bond acceptors (Lipinski definition) is 3. The minimum Gasteiger partial charge on any atom is -0.497 e. The summed E-state index contributed by atoms with van der Waals surface area (Å²) in [4.78, 5) is 1.94. The zero-order chi connectivity index (χ0) is 13.1. The molecule has 18 heavy (non-hydrogen) atoms. The fourth-order valence-corrected chi connectivity index (χ4v) is 2.66. The quantitative estimate of drug-likeness (QED) is 0.832. The van der Waals surface area contributed by atoms with Gasteiger partial charge in [-0.25, -0.2) is 0 Å². The molecular weight excluding hydrogens is 289 g/mol. The molecule has 0 unspecified atom stereocenters. The van der Waals surface area contributed by atoms with E-state index in [2.05, 4.69) is 0 Å². The van der Waals surface area contributed by atoms with Gasteiger partial charge in [0.2, 0.25) is 0 Å². The predicted octanol–water partition coefficient (Wildman–Crippen LogP) is 4.74. The fraction of sp³-hybridized carbons (Fsp3) is 0.0769. The van der Waals surface area contributed by atoms with Crippen LogP contribution in [-0.2, 0) is 0 Å². The monoisotopic (exact) mass is 299 g/mol. The number of halogens is 2. The van der Waals surface area contributed by atoms with E-state index in [-0.39, 0.29) is 0 Å². The largest absolute Gasteiger partial charge is 0.497 e. The molecule has 0 aromatic heterocycles. The molecule has 5 heteroatoms. The summed E-state index contributed by atoms with van der Waals surface area (Å²) in [6.45, 7) is 0. The highest BCUT2D eigenvalue weighted by Crippen LogP contribution is 2.36.